The molecule has 0 radical (unpaired) electrons. The number of hydrogen-bond donors (Lipinski definition) is 1. The third-order valence-corrected chi connectivity index (χ3v) is 3.50. The summed E-state index contributed by atoms with van der Waals surface area (Å²) in [5.74, 6) is -0.786. The molecule has 1 aliphatic heterocycles. The molecule has 104 valence electrons. The number of carboxylic acids is 1. The SMILES string of the molecule is CCN(C(=O)CCN1CCCC1)C(C)CC(=O)O. The van der Waals surface area contributed by atoms with Gasteiger partial charge in [-0.3, -0.25) is 9.59 Å². The van der Waals surface area contributed by atoms with E-state index in [-0.39, 0.29) is 18.4 Å². The van der Waals surface area contributed by atoms with Gasteiger partial charge in [0.25, 0.3) is 0 Å². The van der Waals surface area contributed by atoms with Crippen LogP contribution in [-0.2, 0) is 9.59 Å². The quantitative estimate of drug-likeness (QED) is 0.743. The summed E-state index contributed by atoms with van der Waals surface area (Å²) in [7, 11) is 0. The van der Waals surface area contributed by atoms with Gasteiger partial charge in [0.1, 0.15) is 0 Å². The van der Waals surface area contributed by atoms with Crippen molar-refractivity contribution in [3.8, 4) is 0 Å². The minimum atomic E-state index is -0.853. The van der Waals surface area contributed by atoms with Crippen LogP contribution in [0.3, 0.4) is 0 Å². The second-order valence-corrected chi connectivity index (χ2v) is 4.93. The minimum absolute atomic E-state index is 0.0172. The molecule has 1 heterocycles. The first-order valence-corrected chi connectivity index (χ1v) is 6.78. The van der Waals surface area contributed by atoms with Crippen LogP contribution in [0.15, 0.2) is 0 Å². The second-order valence-electron chi connectivity index (χ2n) is 4.93. The standard InChI is InChI=1S/C13H24N2O3/c1-3-15(11(2)10-13(17)18)12(16)6-9-14-7-4-5-8-14/h11H,3-10H2,1-2H3,(H,17,18). The number of hydrogen-bond acceptors (Lipinski definition) is 3. The van der Waals surface area contributed by atoms with Crippen LogP contribution in [0.4, 0.5) is 0 Å². The third-order valence-electron chi connectivity index (χ3n) is 3.50. The van der Waals surface area contributed by atoms with E-state index in [9.17, 15) is 9.59 Å². The molecular weight excluding hydrogens is 232 g/mol. The number of carboxylic acid groups (broad SMARTS) is 1. The Kier molecular flexibility index (Phi) is 6.12. The molecule has 0 bridgehead atoms. The lowest BCUT2D eigenvalue weighted by atomic mass is 10.2. The fourth-order valence-corrected chi connectivity index (χ4v) is 2.50. The van der Waals surface area contributed by atoms with Crippen molar-refractivity contribution in [1.29, 1.82) is 0 Å². The number of carbonyl (C=O) groups is 2. The number of carbonyl (C=O) groups excluding carboxylic acids is 1. The van der Waals surface area contributed by atoms with Crippen molar-refractivity contribution in [2.45, 2.75) is 45.6 Å². The van der Waals surface area contributed by atoms with E-state index in [1.807, 2.05) is 6.92 Å². The van der Waals surface area contributed by atoms with E-state index in [0.29, 0.717) is 13.0 Å². The van der Waals surface area contributed by atoms with Gasteiger partial charge < -0.3 is 14.9 Å². The number of rotatable bonds is 7. The van der Waals surface area contributed by atoms with Crippen LogP contribution in [0.25, 0.3) is 0 Å². The van der Waals surface area contributed by atoms with Crippen molar-refractivity contribution >= 4 is 11.9 Å². The summed E-state index contributed by atoms with van der Waals surface area (Å²) in [6.45, 7) is 7.24. The minimum Gasteiger partial charge on any atom is -0.481 e. The molecule has 1 saturated heterocycles. The summed E-state index contributed by atoms with van der Waals surface area (Å²) in [4.78, 5) is 26.7. The maximum absolute atomic E-state index is 12.1. The molecule has 0 spiro atoms. The summed E-state index contributed by atoms with van der Waals surface area (Å²) in [5, 5.41) is 8.77. The average molecular weight is 256 g/mol. The Balaban J connectivity index is 2.37. The Morgan fingerprint density at radius 1 is 1.33 bits per heavy atom. The van der Waals surface area contributed by atoms with E-state index >= 15 is 0 Å². The van der Waals surface area contributed by atoms with Crippen LogP contribution in [0, 0.1) is 0 Å². The highest BCUT2D eigenvalue weighted by Gasteiger charge is 2.21. The summed E-state index contributed by atoms with van der Waals surface area (Å²) in [5.41, 5.74) is 0. The van der Waals surface area contributed by atoms with Gasteiger partial charge in [-0.15, -0.1) is 0 Å². The molecule has 1 N–H and O–H groups in total. The largest absolute Gasteiger partial charge is 0.481 e. The number of aliphatic carboxylic acids is 1. The van der Waals surface area contributed by atoms with E-state index in [4.69, 9.17) is 5.11 Å². The highest BCUT2D eigenvalue weighted by atomic mass is 16.4. The fourth-order valence-electron chi connectivity index (χ4n) is 2.50. The van der Waals surface area contributed by atoms with Crippen molar-refractivity contribution in [3.63, 3.8) is 0 Å². The van der Waals surface area contributed by atoms with E-state index in [1.54, 1.807) is 11.8 Å². The van der Waals surface area contributed by atoms with Crippen LogP contribution in [-0.4, -0.2) is 59.0 Å². The molecule has 1 unspecified atom stereocenters. The lowest BCUT2D eigenvalue weighted by Crippen LogP contribution is -2.41. The van der Waals surface area contributed by atoms with E-state index in [2.05, 4.69) is 4.90 Å². The monoisotopic (exact) mass is 256 g/mol. The molecule has 5 heteroatoms. The molecule has 0 aromatic rings. The average Bonchev–Trinajstić information content (AvgIpc) is 2.79. The zero-order valence-corrected chi connectivity index (χ0v) is 11.4. The van der Waals surface area contributed by atoms with Crippen molar-refractivity contribution in [2.75, 3.05) is 26.2 Å². The van der Waals surface area contributed by atoms with Crippen LogP contribution in [0.1, 0.15) is 39.5 Å². The highest BCUT2D eigenvalue weighted by molar-refractivity contribution is 5.77. The maximum Gasteiger partial charge on any atom is 0.305 e. The lowest BCUT2D eigenvalue weighted by molar-refractivity contribution is -0.140. The molecule has 0 aromatic heterocycles. The zero-order chi connectivity index (χ0) is 13.5. The lowest BCUT2D eigenvalue weighted by Gasteiger charge is -2.28. The van der Waals surface area contributed by atoms with Crippen LogP contribution in [0.5, 0.6) is 0 Å². The maximum atomic E-state index is 12.1. The van der Waals surface area contributed by atoms with Crippen molar-refractivity contribution in [1.82, 2.24) is 9.80 Å². The number of amides is 1. The number of likely N-dealkylation sites (tertiary alicyclic amines) is 1. The highest BCUT2D eigenvalue weighted by Crippen LogP contribution is 2.10. The summed E-state index contributed by atoms with van der Waals surface area (Å²) in [6.07, 6.45) is 2.96. The van der Waals surface area contributed by atoms with Crippen LogP contribution < -0.4 is 0 Å². The molecule has 1 aliphatic rings. The van der Waals surface area contributed by atoms with Gasteiger partial charge in [-0.1, -0.05) is 0 Å². The molecule has 0 aromatic carbocycles. The normalized spacial score (nSPS) is 17.7. The Hall–Kier alpha value is -1.10. The van der Waals surface area contributed by atoms with E-state index < -0.39 is 5.97 Å². The molecule has 5 nitrogen and oxygen atoms in total. The molecule has 1 fully saturated rings. The predicted octanol–water partition coefficient (Wildman–Crippen LogP) is 1.18. The van der Waals surface area contributed by atoms with Crippen molar-refractivity contribution < 1.29 is 14.7 Å². The fraction of sp³-hybridized carbons (Fsp3) is 0.846. The Morgan fingerprint density at radius 2 is 1.94 bits per heavy atom. The van der Waals surface area contributed by atoms with Gasteiger partial charge in [-0.2, -0.15) is 0 Å². The van der Waals surface area contributed by atoms with Gasteiger partial charge in [0.2, 0.25) is 5.91 Å². The van der Waals surface area contributed by atoms with Gasteiger partial charge in [0.05, 0.1) is 6.42 Å². The smallest absolute Gasteiger partial charge is 0.305 e. The van der Waals surface area contributed by atoms with Gasteiger partial charge >= 0.3 is 5.97 Å². The molecule has 18 heavy (non-hydrogen) atoms. The first kappa shape index (κ1) is 15.0. The molecule has 0 saturated carbocycles. The van der Waals surface area contributed by atoms with Crippen molar-refractivity contribution in [3.05, 3.63) is 0 Å². The topological polar surface area (TPSA) is 60.9 Å². The van der Waals surface area contributed by atoms with Gasteiger partial charge in [0.15, 0.2) is 0 Å². The Bertz CT molecular complexity index is 288. The van der Waals surface area contributed by atoms with Crippen LogP contribution >= 0.6 is 0 Å². The molecule has 0 aliphatic carbocycles. The molecule has 1 amide bonds. The van der Waals surface area contributed by atoms with Gasteiger partial charge in [-0.05, 0) is 39.8 Å². The Labute approximate surface area is 109 Å². The Morgan fingerprint density at radius 3 is 2.44 bits per heavy atom. The molecule has 1 rings (SSSR count). The molecular formula is C13H24N2O3. The van der Waals surface area contributed by atoms with Gasteiger partial charge in [-0.25, -0.2) is 0 Å². The summed E-state index contributed by atoms with van der Waals surface area (Å²) >= 11 is 0. The van der Waals surface area contributed by atoms with E-state index in [1.165, 1.54) is 12.8 Å². The van der Waals surface area contributed by atoms with Crippen molar-refractivity contribution in [2.24, 2.45) is 0 Å². The first-order chi connectivity index (χ1) is 8.54. The first-order valence-electron chi connectivity index (χ1n) is 6.78. The number of nitrogens with zero attached hydrogens (tertiary/aromatic N) is 2. The summed E-state index contributed by atoms with van der Waals surface area (Å²) < 4.78 is 0. The van der Waals surface area contributed by atoms with Crippen LogP contribution in [0.2, 0.25) is 0 Å². The molecule has 1 atom stereocenters. The predicted molar refractivity (Wildman–Crippen MR) is 69.4 cm³/mol. The van der Waals surface area contributed by atoms with Gasteiger partial charge in [0, 0.05) is 25.6 Å². The van der Waals surface area contributed by atoms with E-state index in [0.717, 1.165) is 19.6 Å². The second kappa shape index (κ2) is 7.36. The zero-order valence-electron chi connectivity index (χ0n) is 11.4. The third kappa shape index (κ3) is 4.64. The summed E-state index contributed by atoms with van der Waals surface area (Å²) in [6, 6.07) is -0.224.